The van der Waals surface area contributed by atoms with Gasteiger partial charge in [0.25, 0.3) is 5.91 Å². The van der Waals surface area contributed by atoms with Gasteiger partial charge in [-0.3, -0.25) is 4.79 Å². The van der Waals surface area contributed by atoms with Gasteiger partial charge in [-0.25, -0.2) is 8.78 Å². The van der Waals surface area contributed by atoms with Crippen molar-refractivity contribution in [1.29, 1.82) is 0 Å². The second-order valence-corrected chi connectivity index (χ2v) is 5.00. The standard InChI is InChI=1S/C14H10BrF2NO2/c15-9-1-4-12(17)8(5-9)7-18-14(20)11-3-2-10(16)6-13(11)19/h1-6,19H,7H2,(H,18,20). The van der Waals surface area contributed by atoms with Gasteiger partial charge in [0, 0.05) is 22.6 Å². The Morgan fingerprint density at radius 3 is 2.65 bits per heavy atom. The Kier molecular flexibility index (Phi) is 4.34. The SMILES string of the molecule is O=C(NCc1cc(Br)ccc1F)c1ccc(F)cc1O. The molecule has 0 radical (unpaired) electrons. The molecule has 3 nitrogen and oxygen atoms in total. The minimum atomic E-state index is -0.642. The van der Waals surface area contributed by atoms with Crippen molar-refractivity contribution in [2.45, 2.75) is 6.54 Å². The van der Waals surface area contributed by atoms with Gasteiger partial charge < -0.3 is 10.4 Å². The number of nitrogens with one attached hydrogen (secondary N) is 1. The maximum atomic E-state index is 13.5. The molecule has 1 amide bonds. The van der Waals surface area contributed by atoms with Crippen LogP contribution in [0.25, 0.3) is 0 Å². The van der Waals surface area contributed by atoms with E-state index in [2.05, 4.69) is 21.2 Å². The van der Waals surface area contributed by atoms with Crippen molar-refractivity contribution in [3.8, 4) is 5.75 Å². The van der Waals surface area contributed by atoms with Gasteiger partial charge in [0.2, 0.25) is 0 Å². The Labute approximate surface area is 122 Å². The molecule has 0 aromatic heterocycles. The molecule has 104 valence electrons. The summed E-state index contributed by atoms with van der Waals surface area (Å²) in [5.41, 5.74) is 0.233. The lowest BCUT2D eigenvalue weighted by molar-refractivity contribution is 0.0948. The third-order valence-corrected chi connectivity index (χ3v) is 3.14. The molecule has 0 spiro atoms. The molecule has 2 rings (SSSR count). The van der Waals surface area contributed by atoms with Gasteiger partial charge in [-0.1, -0.05) is 15.9 Å². The Morgan fingerprint density at radius 2 is 1.95 bits per heavy atom. The average molecular weight is 342 g/mol. The van der Waals surface area contributed by atoms with Crippen molar-refractivity contribution in [3.05, 3.63) is 63.6 Å². The fourth-order valence-electron chi connectivity index (χ4n) is 1.65. The van der Waals surface area contributed by atoms with Gasteiger partial charge in [0.1, 0.15) is 17.4 Å². The summed E-state index contributed by atoms with van der Waals surface area (Å²) in [6.07, 6.45) is 0. The molecule has 0 aliphatic carbocycles. The highest BCUT2D eigenvalue weighted by Gasteiger charge is 2.12. The first-order valence-corrected chi connectivity index (χ1v) is 6.47. The summed E-state index contributed by atoms with van der Waals surface area (Å²) in [5.74, 6) is -2.16. The second-order valence-electron chi connectivity index (χ2n) is 4.08. The number of hydrogen-bond acceptors (Lipinski definition) is 2. The molecule has 2 aromatic carbocycles. The fourth-order valence-corrected chi connectivity index (χ4v) is 2.05. The fraction of sp³-hybridized carbons (Fsp3) is 0.0714. The van der Waals surface area contributed by atoms with E-state index in [9.17, 15) is 18.7 Å². The van der Waals surface area contributed by atoms with E-state index in [0.717, 1.165) is 18.2 Å². The molecule has 0 atom stereocenters. The second kappa shape index (κ2) is 6.00. The maximum absolute atomic E-state index is 13.5. The number of benzene rings is 2. The number of aromatic hydroxyl groups is 1. The molecule has 0 saturated heterocycles. The van der Waals surface area contributed by atoms with Crippen LogP contribution in [0, 0.1) is 11.6 Å². The molecule has 0 saturated carbocycles. The van der Waals surface area contributed by atoms with Crippen LogP contribution in [0.3, 0.4) is 0 Å². The summed E-state index contributed by atoms with van der Waals surface area (Å²) in [6.45, 7) is -0.0408. The first-order chi connectivity index (χ1) is 9.47. The van der Waals surface area contributed by atoms with E-state index in [1.807, 2.05) is 0 Å². The zero-order valence-electron chi connectivity index (χ0n) is 10.2. The van der Waals surface area contributed by atoms with Crippen LogP contribution in [0.2, 0.25) is 0 Å². The van der Waals surface area contributed by atoms with Crippen LogP contribution in [0.15, 0.2) is 40.9 Å². The molecule has 0 bridgehead atoms. The van der Waals surface area contributed by atoms with E-state index in [4.69, 9.17) is 0 Å². The van der Waals surface area contributed by atoms with Crippen molar-refractivity contribution in [1.82, 2.24) is 5.32 Å². The zero-order valence-corrected chi connectivity index (χ0v) is 11.7. The van der Waals surface area contributed by atoms with Crippen molar-refractivity contribution < 1.29 is 18.7 Å². The Bertz CT molecular complexity index is 662. The number of halogens is 3. The Morgan fingerprint density at radius 1 is 1.20 bits per heavy atom. The van der Waals surface area contributed by atoms with Gasteiger partial charge in [-0.15, -0.1) is 0 Å². The van der Waals surface area contributed by atoms with E-state index in [1.165, 1.54) is 6.07 Å². The smallest absolute Gasteiger partial charge is 0.255 e. The number of rotatable bonds is 3. The highest BCUT2D eigenvalue weighted by molar-refractivity contribution is 9.10. The molecule has 20 heavy (non-hydrogen) atoms. The third-order valence-electron chi connectivity index (χ3n) is 2.65. The lowest BCUT2D eigenvalue weighted by Gasteiger charge is -2.08. The molecular formula is C14H10BrF2NO2. The van der Waals surface area contributed by atoms with Gasteiger partial charge in [0.15, 0.2) is 0 Å². The average Bonchev–Trinajstić information content (AvgIpc) is 2.39. The quantitative estimate of drug-likeness (QED) is 0.899. The van der Waals surface area contributed by atoms with Crippen LogP contribution in [0.4, 0.5) is 8.78 Å². The van der Waals surface area contributed by atoms with Gasteiger partial charge in [0.05, 0.1) is 5.56 Å². The molecule has 0 aliphatic heterocycles. The van der Waals surface area contributed by atoms with Crippen molar-refractivity contribution in [3.63, 3.8) is 0 Å². The monoisotopic (exact) mass is 341 g/mol. The maximum Gasteiger partial charge on any atom is 0.255 e. The Hall–Kier alpha value is -1.95. The molecule has 0 fully saturated rings. The van der Waals surface area contributed by atoms with Crippen molar-refractivity contribution in [2.24, 2.45) is 0 Å². The van der Waals surface area contributed by atoms with Crippen LogP contribution >= 0.6 is 15.9 Å². The minimum Gasteiger partial charge on any atom is -0.507 e. The number of hydrogen-bond donors (Lipinski definition) is 2. The number of carbonyl (C=O) groups excluding carboxylic acids is 1. The van der Waals surface area contributed by atoms with Gasteiger partial charge in [-0.05, 0) is 30.3 Å². The predicted molar refractivity (Wildman–Crippen MR) is 73.3 cm³/mol. The molecule has 0 unspecified atom stereocenters. The van der Waals surface area contributed by atoms with Gasteiger partial charge in [-0.2, -0.15) is 0 Å². The van der Waals surface area contributed by atoms with Crippen LogP contribution in [0.5, 0.6) is 5.75 Å². The molecule has 0 heterocycles. The first-order valence-electron chi connectivity index (χ1n) is 5.68. The first kappa shape index (κ1) is 14.5. The summed E-state index contributed by atoms with van der Waals surface area (Å²) < 4.78 is 27.0. The topological polar surface area (TPSA) is 49.3 Å². The summed E-state index contributed by atoms with van der Waals surface area (Å²) in [4.78, 5) is 11.8. The van der Waals surface area contributed by atoms with E-state index >= 15 is 0 Å². The molecule has 2 aromatic rings. The molecular weight excluding hydrogens is 332 g/mol. The largest absolute Gasteiger partial charge is 0.507 e. The summed E-state index contributed by atoms with van der Waals surface area (Å²) in [6, 6.07) is 7.44. The Balaban J connectivity index is 2.10. The highest BCUT2D eigenvalue weighted by atomic mass is 79.9. The van der Waals surface area contributed by atoms with Crippen LogP contribution in [-0.4, -0.2) is 11.0 Å². The zero-order chi connectivity index (χ0) is 14.7. The normalized spacial score (nSPS) is 10.3. The van der Waals surface area contributed by atoms with Crippen LogP contribution in [-0.2, 0) is 6.54 Å². The summed E-state index contributed by atoms with van der Waals surface area (Å²) in [5, 5.41) is 11.9. The van der Waals surface area contributed by atoms with E-state index in [-0.39, 0.29) is 12.1 Å². The van der Waals surface area contributed by atoms with Crippen LogP contribution < -0.4 is 5.32 Å². The minimum absolute atomic E-state index is 0.0408. The van der Waals surface area contributed by atoms with Gasteiger partial charge >= 0.3 is 0 Å². The summed E-state index contributed by atoms with van der Waals surface area (Å²) in [7, 11) is 0. The number of amides is 1. The van der Waals surface area contributed by atoms with E-state index in [0.29, 0.717) is 10.0 Å². The lowest BCUT2D eigenvalue weighted by Crippen LogP contribution is -2.23. The summed E-state index contributed by atoms with van der Waals surface area (Å²) >= 11 is 3.21. The number of phenolic OH excluding ortho intramolecular Hbond substituents is 1. The van der Waals surface area contributed by atoms with E-state index in [1.54, 1.807) is 12.1 Å². The number of carbonyl (C=O) groups is 1. The molecule has 2 N–H and O–H groups in total. The lowest BCUT2D eigenvalue weighted by atomic mass is 10.1. The van der Waals surface area contributed by atoms with E-state index < -0.39 is 23.3 Å². The predicted octanol–water partition coefficient (Wildman–Crippen LogP) is 3.36. The number of phenols is 1. The molecule has 0 aliphatic rings. The van der Waals surface area contributed by atoms with Crippen molar-refractivity contribution >= 4 is 21.8 Å². The van der Waals surface area contributed by atoms with Crippen LogP contribution in [0.1, 0.15) is 15.9 Å². The van der Waals surface area contributed by atoms with Crippen molar-refractivity contribution in [2.75, 3.05) is 0 Å². The molecule has 6 heteroatoms. The third kappa shape index (κ3) is 3.33. The highest BCUT2D eigenvalue weighted by Crippen LogP contribution is 2.19.